The number of hydrazone groups is 1. The zero-order valence-electron chi connectivity index (χ0n) is 22.7. The first kappa shape index (κ1) is 30.0. The van der Waals surface area contributed by atoms with E-state index >= 15 is 0 Å². The summed E-state index contributed by atoms with van der Waals surface area (Å²) >= 11 is 6.27. The molecule has 1 saturated heterocycles. The van der Waals surface area contributed by atoms with Gasteiger partial charge in [-0.05, 0) is 73.5 Å². The predicted octanol–water partition coefficient (Wildman–Crippen LogP) is 3.54. The molecule has 216 valence electrons. The lowest BCUT2D eigenvalue weighted by Gasteiger charge is -2.26. The standard InChI is InChI=1S/C29H31ClN4O6S/c1-21-3-11-26(12-4-21)41(37,38)34(24-8-5-22(2)27(30)17-24)19-28(35)32-31-18-23-6-9-25(10-7-23)40-20-29(36)33-13-15-39-16-14-33/h3-12,17-18H,13-16,19-20H2,1-2H3,(H,32,35)/b31-18-. The van der Waals surface area contributed by atoms with Gasteiger partial charge in [0, 0.05) is 18.1 Å². The summed E-state index contributed by atoms with van der Waals surface area (Å²) in [6.45, 7) is 5.22. The van der Waals surface area contributed by atoms with Crippen molar-refractivity contribution in [2.45, 2.75) is 18.7 Å². The summed E-state index contributed by atoms with van der Waals surface area (Å²) < 4.78 is 38.8. The fourth-order valence-corrected chi connectivity index (χ4v) is 5.52. The molecule has 1 heterocycles. The van der Waals surface area contributed by atoms with Gasteiger partial charge in [-0.1, -0.05) is 35.4 Å². The summed E-state index contributed by atoms with van der Waals surface area (Å²) in [7, 11) is -4.08. The molecule has 3 aromatic carbocycles. The Kier molecular flexibility index (Phi) is 9.98. The minimum absolute atomic E-state index is 0.0463. The molecule has 0 bridgehead atoms. The van der Waals surface area contributed by atoms with E-state index in [2.05, 4.69) is 10.5 Å². The fourth-order valence-electron chi connectivity index (χ4n) is 3.93. The lowest BCUT2D eigenvalue weighted by Crippen LogP contribution is -2.42. The van der Waals surface area contributed by atoms with Gasteiger partial charge in [0.25, 0.3) is 21.8 Å². The van der Waals surface area contributed by atoms with E-state index in [1.807, 2.05) is 6.92 Å². The summed E-state index contributed by atoms with van der Waals surface area (Å²) in [5, 5.41) is 4.34. The van der Waals surface area contributed by atoms with Crippen LogP contribution in [0.25, 0.3) is 0 Å². The van der Waals surface area contributed by atoms with Crippen molar-refractivity contribution in [1.29, 1.82) is 0 Å². The minimum atomic E-state index is -4.08. The van der Waals surface area contributed by atoms with E-state index in [9.17, 15) is 18.0 Å². The van der Waals surface area contributed by atoms with Crippen molar-refractivity contribution in [2.24, 2.45) is 5.10 Å². The third kappa shape index (κ3) is 8.06. The van der Waals surface area contributed by atoms with Crippen LogP contribution in [0.1, 0.15) is 16.7 Å². The quantitative estimate of drug-likeness (QED) is 0.282. The second-order valence-electron chi connectivity index (χ2n) is 9.40. The SMILES string of the molecule is Cc1ccc(S(=O)(=O)N(CC(=O)N/N=C\c2ccc(OCC(=O)N3CCOCC3)cc2)c2ccc(C)c(Cl)c2)cc1. The molecule has 1 N–H and O–H groups in total. The van der Waals surface area contributed by atoms with Crippen LogP contribution in [-0.2, 0) is 24.3 Å². The lowest BCUT2D eigenvalue weighted by molar-refractivity contribution is -0.137. The van der Waals surface area contributed by atoms with Crippen molar-refractivity contribution in [2.75, 3.05) is 43.8 Å². The number of ether oxygens (including phenoxy) is 2. The van der Waals surface area contributed by atoms with Gasteiger partial charge in [0.15, 0.2) is 6.61 Å². The molecule has 1 fully saturated rings. The molecular weight excluding hydrogens is 568 g/mol. The van der Waals surface area contributed by atoms with Crippen molar-refractivity contribution >= 4 is 45.3 Å². The van der Waals surface area contributed by atoms with Crippen LogP contribution >= 0.6 is 11.6 Å². The molecule has 0 spiro atoms. The number of rotatable bonds is 10. The number of hydrogen-bond acceptors (Lipinski definition) is 7. The van der Waals surface area contributed by atoms with E-state index in [0.717, 1.165) is 15.4 Å². The third-order valence-corrected chi connectivity index (χ3v) is 8.54. The zero-order chi connectivity index (χ0) is 29.4. The van der Waals surface area contributed by atoms with Gasteiger partial charge in [-0.3, -0.25) is 13.9 Å². The van der Waals surface area contributed by atoms with Crippen LogP contribution in [0, 0.1) is 13.8 Å². The Morgan fingerprint density at radius 2 is 1.73 bits per heavy atom. The van der Waals surface area contributed by atoms with Gasteiger partial charge < -0.3 is 14.4 Å². The molecule has 41 heavy (non-hydrogen) atoms. The molecule has 0 unspecified atom stereocenters. The van der Waals surface area contributed by atoms with E-state index in [4.69, 9.17) is 21.1 Å². The highest BCUT2D eigenvalue weighted by atomic mass is 35.5. The highest BCUT2D eigenvalue weighted by Gasteiger charge is 2.27. The van der Waals surface area contributed by atoms with E-state index in [-0.39, 0.29) is 23.1 Å². The lowest BCUT2D eigenvalue weighted by atomic mass is 10.2. The van der Waals surface area contributed by atoms with Crippen LogP contribution in [0.3, 0.4) is 0 Å². The summed E-state index contributed by atoms with van der Waals surface area (Å²) in [6.07, 6.45) is 1.42. The van der Waals surface area contributed by atoms with Crippen LogP contribution in [0.4, 0.5) is 5.69 Å². The molecule has 0 aromatic heterocycles. The Balaban J connectivity index is 1.38. The first-order valence-electron chi connectivity index (χ1n) is 12.9. The van der Waals surface area contributed by atoms with Crippen molar-refractivity contribution in [3.05, 3.63) is 88.4 Å². The van der Waals surface area contributed by atoms with Gasteiger partial charge in [0.1, 0.15) is 12.3 Å². The van der Waals surface area contributed by atoms with Crippen molar-refractivity contribution < 1.29 is 27.5 Å². The molecule has 4 rings (SSSR count). The monoisotopic (exact) mass is 598 g/mol. The van der Waals surface area contributed by atoms with E-state index in [1.54, 1.807) is 60.4 Å². The van der Waals surface area contributed by atoms with Crippen molar-refractivity contribution in [3.8, 4) is 5.75 Å². The predicted molar refractivity (Wildman–Crippen MR) is 157 cm³/mol. The Hall–Kier alpha value is -3.93. The smallest absolute Gasteiger partial charge is 0.264 e. The maximum Gasteiger partial charge on any atom is 0.264 e. The Labute approximate surface area is 244 Å². The molecule has 3 aromatic rings. The van der Waals surface area contributed by atoms with E-state index in [1.165, 1.54) is 24.4 Å². The number of halogens is 1. The minimum Gasteiger partial charge on any atom is -0.484 e. The number of amides is 2. The second kappa shape index (κ2) is 13.6. The molecular formula is C29H31ClN4O6S. The average molecular weight is 599 g/mol. The number of nitrogens with zero attached hydrogens (tertiary/aromatic N) is 3. The third-order valence-electron chi connectivity index (χ3n) is 6.35. The summed E-state index contributed by atoms with van der Waals surface area (Å²) in [6, 6.07) is 18.0. The molecule has 0 atom stereocenters. The van der Waals surface area contributed by atoms with Crippen molar-refractivity contribution in [3.63, 3.8) is 0 Å². The number of nitrogens with one attached hydrogen (secondary N) is 1. The topological polar surface area (TPSA) is 118 Å². The molecule has 1 aliphatic rings. The summed E-state index contributed by atoms with van der Waals surface area (Å²) in [4.78, 5) is 26.8. The fraction of sp³-hybridized carbons (Fsp3) is 0.276. The van der Waals surface area contributed by atoms with Crippen LogP contribution in [0.5, 0.6) is 5.75 Å². The van der Waals surface area contributed by atoms with Gasteiger partial charge in [-0.2, -0.15) is 5.10 Å². The number of anilines is 1. The number of benzene rings is 3. The Morgan fingerprint density at radius 3 is 2.39 bits per heavy atom. The second-order valence-corrected chi connectivity index (χ2v) is 11.7. The van der Waals surface area contributed by atoms with Crippen LogP contribution < -0.4 is 14.5 Å². The molecule has 0 saturated carbocycles. The van der Waals surface area contributed by atoms with E-state index in [0.29, 0.717) is 42.6 Å². The van der Waals surface area contributed by atoms with Gasteiger partial charge in [-0.25, -0.2) is 13.8 Å². The van der Waals surface area contributed by atoms with Gasteiger partial charge in [0.2, 0.25) is 0 Å². The Morgan fingerprint density at radius 1 is 1.05 bits per heavy atom. The first-order valence-corrected chi connectivity index (χ1v) is 14.7. The van der Waals surface area contributed by atoms with Crippen molar-refractivity contribution in [1.82, 2.24) is 10.3 Å². The molecule has 2 amide bonds. The number of carbonyl (C=O) groups is 2. The number of sulfonamides is 1. The van der Waals surface area contributed by atoms with Crippen LogP contribution in [-0.4, -0.2) is 70.8 Å². The van der Waals surface area contributed by atoms with Gasteiger partial charge in [-0.15, -0.1) is 0 Å². The summed E-state index contributed by atoms with van der Waals surface area (Å²) in [5.41, 5.74) is 4.97. The highest BCUT2D eigenvalue weighted by molar-refractivity contribution is 7.92. The molecule has 12 heteroatoms. The highest BCUT2D eigenvalue weighted by Crippen LogP contribution is 2.28. The molecule has 1 aliphatic heterocycles. The van der Waals surface area contributed by atoms with Gasteiger partial charge in [0.05, 0.1) is 30.0 Å². The number of morpholine rings is 1. The normalized spacial score (nSPS) is 13.7. The van der Waals surface area contributed by atoms with Crippen LogP contribution in [0.2, 0.25) is 5.02 Å². The van der Waals surface area contributed by atoms with Crippen LogP contribution in [0.15, 0.2) is 76.7 Å². The first-order chi connectivity index (χ1) is 19.6. The average Bonchev–Trinajstić information content (AvgIpc) is 2.97. The maximum atomic E-state index is 13.5. The number of hydrogen-bond donors (Lipinski definition) is 1. The van der Waals surface area contributed by atoms with E-state index < -0.39 is 22.5 Å². The summed E-state index contributed by atoms with van der Waals surface area (Å²) in [5.74, 6) is -0.232. The molecule has 0 radical (unpaired) electrons. The molecule has 10 nitrogen and oxygen atoms in total. The Bertz CT molecular complexity index is 1510. The number of aryl methyl sites for hydroxylation is 2. The number of carbonyl (C=O) groups excluding carboxylic acids is 2. The largest absolute Gasteiger partial charge is 0.484 e. The molecule has 0 aliphatic carbocycles. The maximum absolute atomic E-state index is 13.5. The zero-order valence-corrected chi connectivity index (χ0v) is 24.3. The van der Waals surface area contributed by atoms with Gasteiger partial charge >= 0.3 is 0 Å².